The van der Waals surface area contributed by atoms with Crippen molar-refractivity contribution in [1.29, 1.82) is 0 Å². The maximum atomic E-state index is 12.3. The van der Waals surface area contributed by atoms with Crippen LogP contribution in [0.1, 0.15) is 46.5 Å². The van der Waals surface area contributed by atoms with Crippen molar-refractivity contribution < 1.29 is 35.9 Å². The summed E-state index contributed by atoms with van der Waals surface area (Å²) in [5.41, 5.74) is -1.14. The molecule has 3 nitrogen and oxygen atoms in total. The first-order chi connectivity index (χ1) is 9.29. The fourth-order valence-electron chi connectivity index (χ4n) is 1.60. The van der Waals surface area contributed by atoms with Crippen LogP contribution in [0.2, 0.25) is 0 Å². The highest BCUT2D eigenvalue weighted by atomic mass is 19.4. The number of amides is 1. The number of alkyl halides is 6. The van der Waals surface area contributed by atoms with Crippen LogP contribution in [0.25, 0.3) is 0 Å². The predicted molar refractivity (Wildman–Crippen MR) is 63.7 cm³/mol. The number of halogens is 6. The zero-order valence-electron chi connectivity index (χ0n) is 12.0. The van der Waals surface area contributed by atoms with Gasteiger partial charge in [0.05, 0.1) is 0 Å². The van der Waals surface area contributed by atoms with Crippen molar-refractivity contribution >= 4 is 6.09 Å². The molecule has 21 heavy (non-hydrogen) atoms. The van der Waals surface area contributed by atoms with Gasteiger partial charge in [0, 0.05) is 0 Å². The maximum Gasteiger partial charge on any atom is 0.417 e. The summed E-state index contributed by atoms with van der Waals surface area (Å²) in [6.45, 7) is 4.79. The second-order valence-corrected chi connectivity index (χ2v) is 5.27. The summed E-state index contributed by atoms with van der Waals surface area (Å²) >= 11 is 0. The van der Waals surface area contributed by atoms with Gasteiger partial charge in [-0.25, -0.2) is 4.79 Å². The van der Waals surface area contributed by atoms with E-state index in [0.29, 0.717) is 12.8 Å². The molecule has 0 aliphatic carbocycles. The van der Waals surface area contributed by atoms with Crippen molar-refractivity contribution in [3.63, 3.8) is 0 Å². The van der Waals surface area contributed by atoms with Crippen molar-refractivity contribution in [3.05, 3.63) is 0 Å². The summed E-state index contributed by atoms with van der Waals surface area (Å²) < 4.78 is 78.3. The molecule has 0 heterocycles. The fourth-order valence-corrected chi connectivity index (χ4v) is 1.60. The smallest absolute Gasteiger partial charge is 0.417 e. The number of carbonyl (C=O) groups is 1. The Labute approximate surface area is 119 Å². The van der Waals surface area contributed by atoms with E-state index in [-0.39, 0.29) is 0 Å². The fraction of sp³-hybridized carbons (Fsp3) is 0.917. The Balaban J connectivity index is 4.65. The lowest BCUT2D eigenvalue weighted by Gasteiger charge is -2.28. The summed E-state index contributed by atoms with van der Waals surface area (Å²) in [5.74, 6) is 0. The molecule has 0 saturated carbocycles. The number of rotatable bonds is 6. The van der Waals surface area contributed by atoms with Crippen LogP contribution in [-0.4, -0.2) is 30.1 Å². The SMILES string of the molecule is CCCCCC(C)(C)OC(=O)NC(C(F)(F)F)C(F)(F)F. The standard InChI is InChI=1S/C12H19F6NO2/c1-4-5-6-7-10(2,3)21-9(20)19-8(11(13,14)15)12(16,17)18/h8H,4-7H2,1-3H3,(H,19,20). The molecule has 1 N–H and O–H groups in total. The Hall–Kier alpha value is -1.15. The van der Waals surface area contributed by atoms with Crippen molar-refractivity contribution in [2.24, 2.45) is 0 Å². The number of carbonyl (C=O) groups excluding carboxylic acids is 1. The first-order valence-corrected chi connectivity index (χ1v) is 6.42. The van der Waals surface area contributed by atoms with Crippen molar-refractivity contribution in [3.8, 4) is 0 Å². The molecule has 0 radical (unpaired) electrons. The van der Waals surface area contributed by atoms with Crippen LogP contribution in [-0.2, 0) is 4.74 Å². The van der Waals surface area contributed by atoms with Gasteiger partial charge in [0.15, 0.2) is 0 Å². The highest BCUT2D eigenvalue weighted by molar-refractivity contribution is 5.68. The highest BCUT2D eigenvalue weighted by Crippen LogP contribution is 2.33. The van der Waals surface area contributed by atoms with Gasteiger partial charge in [-0.2, -0.15) is 26.3 Å². The van der Waals surface area contributed by atoms with Gasteiger partial charge in [-0.1, -0.05) is 19.8 Å². The first kappa shape index (κ1) is 19.9. The molecule has 0 unspecified atom stereocenters. The maximum absolute atomic E-state index is 12.3. The third kappa shape index (κ3) is 8.01. The lowest BCUT2D eigenvalue weighted by Crippen LogP contribution is -2.55. The van der Waals surface area contributed by atoms with E-state index in [4.69, 9.17) is 0 Å². The van der Waals surface area contributed by atoms with Gasteiger partial charge in [-0.15, -0.1) is 0 Å². The molecule has 0 aromatic heterocycles. The summed E-state index contributed by atoms with van der Waals surface area (Å²) in [4.78, 5) is 11.3. The van der Waals surface area contributed by atoms with E-state index in [9.17, 15) is 31.1 Å². The van der Waals surface area contributed by atoms with Gasteiger partial charge < -0.3 is 10.1 Å². The third-order valence-corrected chi connectivity index (χ3v) is 2.67. The summed E-state index contributed by atoms with van der Waals surface area (Å²) in [6, 6.07) is -3.94. The molecule has 0 aromatic carbocycles. The van der Waals surface area contributed by atoms with Gasteiger partial charge in [0.2, 0.25) is 6.04 Å². The number of hydrogen-bond acceptors (Lipinski definition) is 2. The second kappa shape index (κ2) is 7.22. The molecule has 0 fully saturated rings. The van der Waals surface area contributed by atoms with E-state index in [1.54, 1.807) is 0 Å². The van der Waals surface area contributed by atoms with E-state index in [1.165, 1.54) is 13.8 Å². The molecule has 0 aliphatic heterocycles. The Bertz CT molecular complexity index is 324. The van der Waals surface area contributed by atoms with Crippen LogP contribution >= 0.6 is 0 Å². The van der Waals surface area contributed by atoms with Crippen molar-refractivity contribution in [2.45, 2.75) is 70.4 Å². The zero-order valence-corrected chi connectivity index (χ0v) is 12.0. The third-order valence-electron chi connectivity index (χ3n) is 2.67. The summed E-state index contributed by atoms with van der Waals surface area (Å²) in [6.07, 6.45) is -10.3. The molecule has 0 saturated heterocycles. The number of alkyl carbamates (subject to hydrolysis) is 1. The Morgan fingerprint density at radius 2 is 1.52 bits per heavy atom. The lowest BCUT2D eigenvalue weighted by molar-refractivity contribution is -0.256. The molecule has 0 spiro atoms. The minimum atomic E-state index is -5.64. The van der Waals surface area contributed by atoms with Crippen LogP contribution in [0, 0.1) is 0 Å². The Morgan fingerprint density at radius 1 is 1.05 bits per heavy atom. The quantitative estimate of drug-likeness (QED) is 0.574. The molecule has 0 atom stereocenters. The summed E-state index contributed by atoms with van der Waals surface area (Å²) in [5, 5.41) is 0.832. The predicted octanol–water partition coefficient (Wildman–Crippen LogP) is 4.56. The average molecular weight is 323 g/mol. The molecule has 0 aliphatic rings. The minimum absolute atomic E-state index is 0.344. The largest absolute Gasteiger partial charge is 0.444 e. The van der Waals surface area contributed by atoms with E-state index >= 15 is 0 Å². The molecule has 0 rings (SSSR count). The number of nitrogens with one attached hydrogen (secondary N) is 1. The van der Waals surface area contributed by atoms with Gasteiger partial charge in [0.1, 0.15) is 5.60 Å². The molecular formula is C12H19F6NO2. The minimum Gasteiger partial charge on any atom is -0.444 e. The van der Waals surface area contributed by atoms with Gasteiger partial charge >= 0.3 is 18.4 Å². The van der Waals surface area contributed by atoms with Crippen LogP contribution < -0.4 is 5.32 Å². The number of unbranched alkanes of at least 4 members (excludes halogenated alkanes) is 2. The average Bonchev–Trinajstić information content (AvgIpc) is 2.22. The monoisotopic (exact) mass is 323 g/mol. The van der Waals surface area contributed by atoms with Crippen molar-refractivity contribution in [1.82, 2.24) is 5.32 Å². The van der Waals surface area contributed by atoms with Crippen LogP contribution in [0.3, 0.4) is 0 Å². The normalized spacial score (nSPS) is 13.4. The molecule has 0 bridgehead atoms. The Kier molecular flexibility index (Phi) is 6.82. The van der Waals surface area contributed by atoms with E-state index < -0.39 is 30.1 Å². The molecule has 1 amide bonds. The lowest BCUT2D eigenvalue weighted by atomic mass is 10.0. The first-order valence-electron chi connectivity index (χ1n) is 6.42. The topological polar surface area (TPSA) is 38.3 Å². The van der Waals surface area contributed by atoms with Gasteiger partial charge in [-0.05, 0) is 26.7 Å². The second-order valence-electron chi connectivity index (χ2n) is 5.27. The Morgan fingerprint density at radius 3 is 1.90 bits per heavy atom. The van der Waals surface area contributed by atoms with Crippen LogP contribution in [0.15, 0.2) is 0 Å². The molecular weight excluding hydrogens is 304 g/mol. The molecule has 0 aromatic rings. The van der Waals surface area contributed by atoms with Crippen LogP contribution in [0.4, 0.5) is 31.1 Å². The van der Waals surface area contributed by atoms with Gasteiger partial charge in [-0.3, -0.25) is 0 Å². The van der Waals surface area contributed by atoms with Gasteiger partial charge in [0.25, 0.3) is 0 Å². The molecule has 9 heteroatoms. The molecule has 126 valence electrons. The number of ether oxygens (including phenoxy) is 1. The van der Waals surface area contributed by atoms with Crippen molar-refractivity contribution in [2.75, 3.05) is 0 Å². The highest BCUT2D eigenvalue weighted by Gasteiger charge is 2.58. The van der Waals surface area contributed by atoms with E-state index in [1.807, 2.05) is 6.92 Å². The van der Waals surface area contributed by atoms with E-state index in [0.717, 1.165) is 18.2 Å². The number of hydrogen-bond donors (Lipinski definition) is 1. The van der Waals surface area contributed by atoms with E-state index in [2.05, 4.69) is 4.74 Å². The van der Waals surface area contributed by atoms with Crippen LogP contribution in [0.5, 0.6) is 0 Å². The summed E-state index contributed by atoms with van der Waals surface area (Å²) in [7, 11) is 0. The zero-order chi connectivity index (χ0) is 16.9.